The largest absolute Gasteiger partial charge is 0.299 e. The lowest BCUT2D eigenvalue weighted by Crippen LogP contribution is -2.11. The van der Waals surface area contributed by atoms with E-state index in [4.69, 9.17) is 0 Å². The molecule has 1 aliphatic carbocycles. The summed E-state index contributed by atoms with van der Waals surface area (Å²) in [5.41, 5.74) is 3.99. The van der Waals surface area contributed by atoms with Crippen molar-refractivity contribution in [1.82, 2.24) is 0 Å². The van der Waals surface area contributed by atoms with Gasteiger partial charge in [-0.05, 0) is 42.2 Å². The number of carbonyl (C=O) groups is 1. The van der Waals surface area contributed by atoms with E-state index in [1.165, 1.54) is 24.0 Å². The Morgan fingerprint density at radius 3 is 2.30 bits per heavy atom. The molecule has 0 N–H and O–H groups in total. The summed E-state index contributed by atoms with van der Waals surface area (Å²) < 4.78 is 0. The van der Waals surface area contributed by atoms with Gasteiger partial charge in [0.2, 0.25) is 0 Å². The predicted molar refractivity (Wildman–Crippen MR) is 85.0 cm³/mol. The van der Waals surface area contributed by atoms with Crippen molar-refractivity contribution in [3.63, 3.8) is 0 Å². The number of Topliss-reactive ketones (excluding diaryl/α,β-unsaturated/α-hetero) is 1. The zero-order valence-corrected chi connectivity index (χ0v) is 13.0. The highest BCUT2D eigenvalue weighted by Crippen LogP contribution is 2.23. The van der Waals surface area contributed by atoms with Crippen molar-refractivity contribution >= 4 is 5.78 Å². The highest BCUT2D eigenvalue weighted by Gasteiger charge is 2.14. The Morgan fingerprint density at radius 1 is 1.05 bits per heavy atom. The standard InChI is InChI=1S/C19H26O/c1-19(2,3)17-11-9-16(10-12-17)14-18(20)13-15-7-5-4-6-8-15/h7,9-12H,4-6,8,13-14H2,1-3H3. The van der Waals surface area contributed by atoms with Crippen molar-refractivity contribution in [3.05, 3.63) is 47.0 Å². The predicted octanol–water partition coefficient (Wildman–Crippen LogP) is 4.99. The summed E-state index contributed by atoms with van der Waals surface area (Å²) in [4.78, 5) is 12.1. The molecule has 0 aromatic heterocycles. The average Bonchev–Trinajstić information content (AvgIpc) is 2.39. The highest BCUT2D eigenvalue weighted by atomic mass is 16.1. The lowest BCUT2D eigenvalue weighted by molar-refractivity contribution is -0.117. The van der Waals surface area contributed by atoms with Gasteiger partial charge in [-0.3, -0.25) is 4.79 Å². The van der Waals surface area contributed by atoms with E-state index >= 15 is 0 Å². The summed E-state index contributed by atoms with van der Waals surface area (Å²) in [6.07, 6.45) is 8.30. The van der Waals surface area contributed by atoms with Crippen LogP contribution in [0, 0.1) is 0 Å². The summed E-state index contributed by atoms with van der Waals surface area (Å²) in [7, 11) is 0. The maximum absolute atomic E-state index is 12.1. The van der Waals surface area contributed by atoms with E-state index in [2.05, 4.69) is 51.1 Å². The fraction of sp³-hybridized carbons (Fsp3) is 0.526. The third-order valence-electron chi connectivity index (χ3n) is 4.03. The molecule has 0 radical (unpaired) electrons. The van der Waals surface area contributed by atoms with Crippen LogP contribution in [0.5, 0.6) is 0 Å². The van der Waals surface area contributed by atoms with Crippen molar-refractivity contribution in [2.24, 2.45) is 0 Å². The lowest BCUT2D eigenvalue weighted by atomic mass is 9.86. The minimum absolute atomic E-state index is 0.176. The molecule has 0 amide bonds. The molecule has 0 unspecified atom stereocenters. The van der Waals surface area contributed by atoms with Crippen LogP contribution < -0.4 is 0 Å². The first-order valence-electron chi connectivity index (χ1n) is 7.74. The molecule has 0 aliphatic heterocycles. The number of hydrogen-bond donors (Lipinski definition) is 0. The molecule has 20 heavy (non-hydrogen) atoms. The molecular weight excluding hydrogens is 244 g/mol. The second-order valence-electron chi connectivity index (χ2n) is 6.95. The zero-order chi connectivity index (χ0) is 14.6. The lowest BCUT2D eigenvalue weighted by Gasteiger charge is -2.19. The number of hydrogen-bond acceptors (Lipinski definition) is 1. The van der Waals surface area contributed by atoms with Crippen LogP contribution in [0.1, 0.15) is 64.0 Å². The monoisotopic (exact) mass is 270 g/mol. The van der Waals surface area contributed by atoms with Gasteiger partial charge in [-0.25, -0.2) is 0 Å². The number of allylic oxidation sites excluding steroid dienone is 2. The van der Waals surface area contributed by atoms with Gasteiger partial charge >= 0.3 is 0 Å². The summed E-state index contributed by atoms with van der Waals surface area (Å²) in [5, 5.41) is 0. The molecular formula is C19H26O. The highest BCUT2D eigenvalue weighted by molar-refractivity contribution is 5.83. The van der Waals surface area contributed by atoms with E-state index < -0.39 is 0 Å². The molecule has 0 bridgehead atoms. The smallest absolute Gasteiger partial charge is 0.141 e. The summed E-state index contributed by atoms with van der Waals surface area (Å²) in [5.74, 6) is 0.349. The summed E-state index contributed by atoms with van der Waals surface area (Å²) >= 11 is 0. The SMILES string of the molecule is CC(C)(C)c1ccc(CC(=O)CC2=CCCCC2)cc1. The van der Waals surface area contributed by atoms with Gasteiger partial charge in [0.1, 0.15) is 5.78 Å². The van der Waals surface area contributed by atoms with E-state index in [0.717, 1.165) is 18.4 Å². The Balaban J connectivity index is 1.92. The second-order valence-corrected chi connectivity index (χ2v) is 6.95. The van der Waals surface area contributed by atoms with E-state index in [1.54, 1.807) is 0 Å². The summed E-state index contributed by atoms with van der Waals surface area (Å²) in [6.45, 7) is 6.63. The Morgan fingerprint density at radius 2 is 1.75 bits per heavy atom. The first-order chi connectivity index (χ1) is 9.45. The molecule has 0 saturated heterocycles. The molecule has 1 aliphatic rings. The van der Waals surface area contributed by atoms with Gasteiger partial charge in [0.25, 0.3) is 0 Å². The Hall–Kier alpha value is -1.37. The van der Waals surface area contributed by atoms with Gasteiger partial charge in [-0.2, -0.15) is 0 Å². The normalized spacial score (nSPS) is 15.8. The van der Waals surface area contributed by atoms with E-state index in [-0.39, 0.29) is 5.41 Å². The third-order valence-corrected chi connectivity index (χ3v) is 4.03. The molecule has 1 nitrogen and oxygen atoms in total. The topological polar surface area (TPSA) is 17.1 Å². The molecule has 1 aromatic rings. The van der Waals surface area contributed by atoms with E-state index in [1.807, 2.05) is 0 Å². The van der Waals surface area contributed by atoms with Gasteiger partial charge in [-0.1, -0.05) is 56.7 Å². The number of ketones is 1. The van der Waals surface area contributed by atoms with Gasteiger partial charge in [0, 0.05) is 12.8 Å². The van der Waals surface area contributed by atoms with E-state index in [0.29, 0.717) is 18.6 Å². The van der Waals surface area contributed by atoms with Crippen LogP contribution in [0.2, 0.25) is 0 Å². The minimum Gasteiger partial charge on any atom is -0.299 e. The molecule has 0 atom stereocenters. The fourth-order valence-corrected chi connectivity index (χ4v) is 2.73. The van der Waals surface area contributed by atoms with Gasteiger partial charge in [-0.15, -0.1) is 0 Å². The van der Waals surface area contributed by atoms with Crippen LogP contribution in [0.15, 0.2) is 35.9 Å². The van der Waals surface area contributed by atoms with Crippen LogP contribution >= 0.6 is 0 Å². The minimum atomic E-state index is 0.176. The average molecular weight is 270 g/mol. The molecule has 0 saturated carbocycles. The molecule has 108 valence electrons. The molecule has 1 aromatic carbocycles. The first kappa shape index (κ1) is 15.0. The van der Waals surface area contributed by atoms with Crippen molar-refractivity contribution in [2.75, 3.05) is 0 Å². The Kier molecular flexibility index (Phi) is 4.80. The molecule has 0 spiro atoms. The van der Waals surface area contributed by atoms with Crippen LogP contribution in [-0.2, 0) is 16.6 Å². The van der Waals surface area contributed by atoms with Crippen LogP contribution in [0.4, 0.5) is 0 Å². The number of carbonyl (C=O) groups excluding carboxylic acids is 1. The number of rotatable bonds is 4. The quantitative estimate of drug-likeness (QED) is 0.705. The molecule has 0 fully saturated rings. The van der Waals surface area contributed by atoms with Crippen LogP contribution in [-0.4, -0.2) is 5.78 Å². The fourth-order valence-electron chi connectivity index (χ4n) is 2.73. The van der Waals surface area contributed by atoms with Gasteiger partial charge < -0.3 is 0 Å². The maximum Gasteiger partial charge on any atom is 0.141 e. The van der Waals surface area contributed by atoms with E-state index in [9.17, 15) is 4.79 Å². The zero-order valence-electron chi connectivity index (χ0n) is 13.0. The summed E-state index contributed by atoms with van der Waals surface area (Å²) in [6, 6.07) is 8.52. The Labute approximate surface area is 123 Å². The maximum atomic E-state index is 12.1. The third kappa shape index (κ3) is 4.33. The van der Waals surface area contributed by atoms with Gasteiger partial charge in [0.15, 0.2) is 0 Å². The number of benzene rings is 1. The van der Waals surface area contributed by atoms with Crippen molar-refractivity contribution in [1.29, 1.82) is 0 Å². The van der Waals surface area contributed by atoms with Crippen LogP contribution in [0.3, 0.4) is 0 Å². The second kappa shape index (κ2) is 6.39. The van der Waals surface area contributed by atoms with Crippen molar-refractivity contribution in [3.8, 4) is 0 Å². The van der Waals surface area contributed by atoms with Crippen molar-refractivity contribution in [2.45, 2.75) is 64.7 Å². The van der Waals surface area contributed by atoms with Crippen molar-refractivity contribution < 1.29 is 4.79 Å². The molecule has 0 heterocycles. The molecule has 1 heteroatoms. The Bertz CT molecular complexity index is 485. The van der Waals surface area contributed by atoms with Crippen LogP contribution in [0.25, 0.3) is 0 Å². The first-order valence-corrected chi connectivity index (χ1v) is 7.74. The van der Waals surface area contributed by atoms with Gasteiger partial charge in [0.05, 0.1) is 0 Å². The molecule has 2 rings (SSSR count).